The third-order valence-corrected chi connectivity index (χ3v) is 8.70. The number of aliphatic hydroxyl groups is 1. The van der Waals surface area contributed by atoms with Crippen LogP contribution in [0.5, 0.6) is 0 Å². The molecule has 3 N–H and O–H groups in total. The first kappa shape index (κ1) is 27.0. The Morgan fingerprint density at radius 2 is 1.93 bits per heavy atom. The van der Waals surface area contributed by atoms with Gasteiger partial charge in [0, 0.05) is 37.8 Å². The van der Waals surface area contributed by atoms with E-state index in [0.717, 1.165) is 41.4 Å². The highest BCUT2D eigenvalue weighted by atomic mass is 16.6. The molecule has 0 radical (unpaired) electrons. The maximum atomic E-state index is 13.1. The number of ether oxygens (including phenoxy) is 1. The van der Waals surface area contributed by atoms with Crippen molar-refractivity contribution in [2.45, 2.75) is 57.0 Å². The van der Waals surface area contributed by atoms with Crippen LogP contribution in [0.25, 0.3) is 27.9 Å². The van der Waals surface area contributed by atoms with E-state index >= 15 is 0 Å². The number of nitrogens with zero attached hydrogens (tertiary/aromatic N) is 7. The van der Waals surface area contributed by atoms with Gasteiger partial charge in [0.25, 0.3) is 0 Å². The number of benzene rings is 2. The molecule has 12 nitrogen and oxygen atoms in total. The summed E-state index contributed by atoms with van der Waals surface area (Å²) in [6, 6.07) is 15.2. The Hall–Kier alpha value is -4.55. The maximum absolute atomic E-state index is 13.1. The second-order valence-corrected chi connectivity index (χ2v) is 12.2. The summed E-state index contributed by atoms with van der Waals surface area (Å²) in [5, 5.41) is 28.0. The molecule has 2 saturated carbocycles. The number of hydrogen-bond acceptors (Lipinski definition) is 9. The fraction of sp³-hybridized carbons (Fsp3) is 0.406. The second kappa shape index (κ2) is 11.2. The zero-order chi connectivity index (χ0) is 29.6. The standard InChI is InChI=1S/C32H35N9O3/c42-30-26(18-39(14-13-33-30)32(43)44-19-21-5-2-1-3-6-21)35-31-36-27-24(22-11-12-22)7-4-8-25(27)29-37-28(38-41(29)31)23-15-34-40(17-23)16-20-9-10-20/h1-8,15,17,20,22,26,30,33,42H,9-14,16,18-19H2,(H,35,36)/t26-,30?/m1/s1. The van der Waals surface area contributed by atoms with Gasteiger partial charge in [0.15, 0.2) is 11.5 Å². The smallest absolute Gasteiger partial charge is 0.410 e. The van der Waals surface area contributed by atoms with Crippen molar-refractivity contribution in [2.75, 3.05) is 25.0 Å². The van der Waals surface area contributed by atoms with Gasteiger partial charge in [0.2, 0.25) is 5.95 Å². The third-order valence-electron chi connectivity index (χ3n) is 8.70. The van der Waals surface area contributed by atoms with Gasteiger partial charge in [-0.15, -0.1) is 5.10 Å². The molecule has 3 aliphatic rings. The first-order chi connectivity index (χ1) is 21.6. The lowest BCUT2D eigenvalue weighted by Gasteiger charge is -2.26. The molecule has 2 atom stereocenters. The average Bonchev–Trinajstić information content (AvgIpc) is 3.96. The lowest BCUT2D eigenvalue weighted by Crippen LogP contribution is -2.47. The van der Waals surface area contributed by atoms with Gasteiger partial charge in [0.1, 0.15) is 12.8 Å². The molecule has 3 fully saturated rings. The molecule has 2 aliphatic carbocycles. The molecule has 1 unspecified atom stereocenters. The van der Waals surface area contributed by atoms with Crippen LogP contribution in [0, 0.1) is 5.92 Å². The van der Waals surface area contributed by atoms with Crippen LogP contribution >= 0.6 is 0 Å². The van der Waals surface area contributed by atoms with Crippen molar-refractivity contribution in [1.29, 1.82) is 0 Å². The molecule has 8 rings (SSSR count). The number of aliphatic hydroxyl groups excluding tert-OH is 1. The predicted octanol–water partition coefficient (Wildman–Crippen LogP) is 3.77. The van der Waals surface area contributed by atoms with Gasteiger partial charge >= 0.3 is 6.09 Å². The Labute approximate surface area is 254 Å². The number of carbonyl (C=O) groups is 1. The van der Waals surface area contributed by atoms with Crippen LogP contribution in [0.3, 0.4) is 0 Å². The van der Waals surface area contributed by atoms with E-state index in [1.807, 2.05) is 53.5 Å². The van der Waals surface area contributed by atoms with E-state index in [9.17, 15) is 9.90 Å². The normalized spacial score (nSPS) is 20.6. The Balaban J connectivity index is 1.12. The minimum atomic E-state index is -0.934. The minimum Gasteiger partial charge on any atom is -0.445 e. The lowest BCUT2D eigenvalue weighted by molar-refractivity contribution is 0.0908. The van der Waals surface area contributed by atoms with E-state index in [1.165, 1.54) is 18.4 Å². The number of anilines is 1. The van der Waals surface area contributed by atoms with Crippen LogP contribution in [-0.2, 0) is 17.9 Å². The van der Waals surface area contributed by atoms with E-state index in [2.05, 4.69) is 27.9 Å². The van der Waals surface area contributed by atoms with Gasteiger partial charge in [-0.2, -0.15) is 9.61 Å². The molecule has 5 aromatic rings. The molecule has 226 valence electrons. The highest BCUT2D eigenvalue weighted by Crippen LogP contribution is 2.43. The van der Waals surface area contributed by atoms with Crippen molar-refractivity contribution in [2.24, 2.45) is 5.92 Å². The average molecular weight is 594 g/mol. The van der Waals surface area contributed by atoms with Crippen LogP contribution in [0.15, 0.2) is 60.9 Å². The number of carbonyl (C=O) groups excluding carboxylic acids is 1. The zero-order valence-electron chi connectivity index (χ0n) is 24.3. The molecule has 0 spiro atoms. The molecule has 1 saturated heterocycles. The van der Waals surface area contributed by atoms with Gasteiger partial charge in [-0.3, -0.25) is 10.00 Å². The number of rotatable bonds is 8. The van der Waals surface area contributed by atoms with E-state index in [1.54, 1.807) is 9.42 Å². The van der Waals surface area contributed by atoms with E-state index in [0.29, 0.717) is 42.3 Å². The first-order valence-electron chi connectivity index (χ1n) is 15.4. The van der Waals surface area contributed by atoms with Crippen molar-refractivity contribution in [3.63, 3.8) is 0 Å². The lowest BCUT2D eigenvalue weighted by atomic mass is 10.1. The van der Waals surface area contributed by atoms with Crippen molar-refractivity contribution in [1.82, 2.24) is 39.6 Å². The van der Waals surface area contributed by atoms with Gasteiger partial charge in [-0.25, -0.2) is 14.8 Å². The van der Waals surface area contributed by atoms with E-state index in [-0.39, 0.29) is 13.2 Å². The number of nitrogens with one attached hydrogen (secondary N) is 2. The Bertz CT molecular complexity index is 1810. The van der Waals surface area contributed by atoms with E-state index < -0.39 is 18.4 Å². The summed E-state index contributed by atoms with van der Waals surface area (Å²) >= 11 is 0. The SMILES string of the molecule is O=C(OCc1ccccc1)N1CCNC(O)[C@H](Nc2nc3c(C4CC4)cccc3c3nc(-c4cnn(CC5CC5)c4)nn23)C1. The van der Waals surface area contributed by atoms with Crippen LogP contribution < -0.4 is 10.6 Å². The largest absolute Gasteiger partial charge is 0.445 e. The molecule has 4 heterocycles. The topological polar surface area (TPSA) is 135 Å². The van der Waals surface area contributed by atoms with Crippen LogP contribution in [0.1, 0.15) is 42.7 Å². The molecular formula is C32H35N9O3. The number of fused-ring (bicyclic) bond motifs is 3. The molecule has 12 heteroatoms. The fourth-order valence-electron chi connectivity index (χ4n) is 5.92. The van der Waals surface area contributed by atoms with Gasteiger partial charge in [-0.1, -0.05) is 42.5 Å². The zero-order valence-corrected chi connectivity index (χ0v) is 24.3. The van der Waals surface area contributed by atoms with Crippen molar-refractivity contribution < 1.29 is 14.6 Å². The van der Waals surface area contributed by atoms with Gasteiger partial charge in [-0.05, 0) is 54.7 Å². The highest BCUT2D eigenvalue weighted by molar-refractivity contribution is 5.95. The first-order valence-corrected chi connectivity index (χ1v) is 15.4. The maximum Gasteiger partial charge on any atom is 0.410 e. The van der Waals surface area contributed by atoms with E-state index in [4.69, 9.17) is 19.8 Å². The summed E-state index contributed by atoms with van der Waals surface area (Å²) in [6.45, 7) is 2.12. The van der Waals surface area contributed by atoms with Gasteiger partial charge < -0.3 is 20.1 Å². The molecule has 0 bridgehead atoms. The van der Waals surface area contributed by atoms with Gasteiger partial charge in [0.05, 0.1) is 23.3 Å². The molecule has 3 aromatic heterocycles. The molecular weight excluding hydrogens is 558 g/mol. The van der Waals surface area contributed by atoms with Crippen molar-refractivity contribution >= 4 is 28.6 Å². The predicted molar refractivity (Wildman–Crippen MR) is 164 cm³/mol. The van der Waals surface area contributed by atoms with Crippen molar-refractivity contribution in [3.8, 4) is 11.4 Å². The number of hydrogen-bond donors (Lipinski definition) is 3. The Kier molecular flexibility index (Phi) is 6.87. The summed E-state index contributed by atoms with van der Waals surface area (Å²) < 4.78 is 9.30. The summed E-state index contributed by atoms with van der Waals surface area (Å²) in [5.41, 5.74) is 4.51. The summed E-state index contributed by atoms with van der Waals surface area (Å²) in [5.74, 6) is 2.20. The molecule has 2 aromatic carbocycles. The summed E-state index contributed by atoms with van der Waals surface area (Å²) in [7, 11) is 0. The molecule has 44 heavy (non-hydrogen) atoms. The minimum absolute atomic E-state index is 0.181. The number of para-hydroxylation sites is 1. The summed E-state index contributed by atoms with van der Waals surface area (Å²) in [6.07, 6.45) is 7.23. The van der Waals surface area contributed by atoms with Crippen LogP contribution in [0.2, 0.25) is 0 Å². The second-order valence-electron chi connectivity index (χ2n) is 12.2. The molecule has 1 aliphatic heterocycles. The quantitative estimate of drug-likeness (QED) is 0.246. The van der Waals surface area contributed by atoms with Crippen LogP contribution in [-0.4, -0.2) is 77.4 Å². The highest BCUT2D eigenvalue weighted by Gasteiger charge is 2.32. The van der Waals surface area contributed by atoms with Crippen molar-refractivity contribution in [3.05, 3.63) is 72.1 Å². The third kappa shape index (κ3) is 5.46. The number of amides is 1. The van der Waals surface area contributed by atoms with Crippen LogP contribution in [0.4, 0.5) is 10.7 Å². The Morgan fingerprint density at radius 3 is 2.75 bits per heavy atom. The monoisotopic (exact) mass is 593 g/mol. The Morgan fingerprint density at radius 1 is 1.07 bits per heavy atom. The fourth-order valence-corrected chi connectivity index (χ4v) is 5.92. The number of aromatic nitrogens is 6. The molecule has 1 amide bonds. The summed E-state index contributed by atoms with van der Waals surface area (Å²) in [4.78, 5) is 24.8.